The molecule has 0 radical (unpaired) electrons. The SMILES string of the molecule is CC(C)CNC(=O)[C@H](C)Sc1nc(-c2cccs2)cc(C(F)(F)F)c1C#N. The number of amides is 1. The van der Waals surface area contributed by atoms with Crippen LogP contribution in [-0.4, -0.2) is 22.7 Å². The van der Waals surface area contributed by atoms with Crippen LogP contribution in [-0.2, 0) is 11.0 Å². The fourth-order valence-corrected chi connectivity index (χ4v) is 3.79. The van der Waals surface area contributed by atoms with Crippen LogP contribution in [0.1, 0.15) is 31.9 Å². The lowest BCUT2D eigenvalue weighted by atomic mass is 10.1. The van der Waals surface area contributed by atoms with Gasteiger partial charge in [0.05, 0.1) is 26.9 Å². The van der Waals surface area contributed by atoms with E-state index in [2.05, 4.69) is 10.3 Å². The zero-order valence-corrected chi connectivity index (χ0v) is 16.6. The molecule has 0 aliphatic carbocycles. The summed E-state index contributed by atoms with van der Waals surface area (Å²) in [6.07, 6.45) is -4.70. The standard InChI is InChI=1S/C18H18F3N3OS2/c1-10(2)9-23-16(25)11(3)27-17-12(8-22)13(18(19,20)21)7-14(24-17)15-5-4-6-26-15/h4-7,10-11H,9H2,1-3H3,(H,23,25)/t11-/m0/s1. The molecule has 2 aromatic heterocycles. The molecule has 0 fully saturated rings. The van der Waals surface area contributed by atoms with E-state index in [-0.39, 0.29) is 22.5 Å². The zero-order chi connectivity index (χ0) is 20.2. The highest BCUT2D eigenvalue weighted by Crippen LogP contribution is 2.39. The van der Waals surface area contributed by atoms with Gasteiger partial charge in [-0.15, -0.1) is 11.3 Å². The van der Waals surface area contributed by atoms with Gasteiger partial charge in [-0.25, -0.2) is 4.98 Å². The highest BCUT2D eigenvalue weighted by molar-refractivity contribution is 8.00. The van der Waals surface area contributed by atoms with Crippen molar-refractivity contribution in [3.63, 3.8) is 0 Å². The normalized spacial score (nSPS) is 12.7. The molecule has 1 N–H and O–H groups in total. The Morgan fingerprint density at radius 1 is 1.41 bits per heavy atom. The van der Waals surface area contributed by atoms with Crippen LogP contribution in [0.4, 0.5) is 13.2 Å². The molecule has 1 atom stereocenters. The van der Waals surface area contributed by atoms with Gasteiger partial charge in [0, 0.05) is 6.54 Å². The van der Waals surface area contributed by atoms with E-state index in [9.17, 15) is 23.2 Å². The Morgan fingerprint density at radius 3 is 2.63 bits per heavy atom. The number of carbonyl (C=O) groups excluding carboxylic acids is 1. The van der Waals surface area contributed by atoms with Gasteiger partial charge in [-0.2, -0.15) is 18.4 Å². The fourth-order valence-electron chi connectivity index (χ4n) is 2.16. The molecule has 0 aliphatic rings. The van der Waals surface area contributed by atoms with Crippen LogP contribution < -0.4 is 5.32 Å². The lowest BCUT2D eigenvalue weighted by Gasteiger charge is -2.16. The van der Waals surface area contributed by atoms with Crippen molar-refractivity contribution in [1.82, 2.24) is 10.3 Å². The van der Waals surface area contributed by atoms with E-state index in [1.54, 1.807) is 30.5 Å². The molecule has 0 saturated heterocycles. The number of hydrogen-bond donors (Lipinski definition) is 1. The maximum atomic E-state index is 13.5. The minimum Gasteiger partial charge on any atom is -0.355 e. The third-order valence-corrected chi connectivity index (χ3v) is 5.50. The van der Waals surface area contributed by atoms with E-state index in [1.165, 1.54) is 11.3 Å². The number of carbonyl (C=O) groups is 1. The van der Waals surface area contributed by atoms with Crippen molar-refractivity contribution >= 4 is 29.0 Å². The number of nitrogens with one attached hydrogen (secondary N) is 1. The number of aromatic nitrogens is 1. The molecule has 27 heavy (non-hydrogen) atoms. The minimum atomic E-state index is -4.70. The second kappa shape index (κ2) is 8.76. The van der Waals surface area contributed by atoms with Crippen molar-refractivity contribution in [2.75, 3.05) is 6.54 Å². The molecular weight excluding hydrogens is 395 g/mol. The molecule has 1 amide bonds. The number of thiophene rings is 1. The average molecular weight is 413 g/mol. The van der Waals surface area contributed by atoms with Crippen LogP contribution in [0.2, 0.25) is 0 Å². The van der Waals surface area contributed by atoms with E-state index < -0.39 is 22.6 Å². The predicted octanol–water partition coefficient (Wildman–Crippen LogP) is 4.95. The molecule has 2 heterocycles. The van der Waals surface area contributed by atoms with E-state index in [0.717, 1.165) is 17.8 Å². The highest BCUT2D eigenvalue weighted by Gasteiger charge is 2.36. The van der Waals surface area contributed by atoms with Crippen LogP contribution in [0, 0.1) is 17.2 Å². The summed E-state index contributed by atoms with van der Waals surface area (Å²) >= 11 is 2.11. The summed E-state index contributed by atoms with van der Waals surface area (Å²) in [5.41, 5.74) is -1.47. The topological polar surface area (TPSA) is 65.8 Å². The van der Waals surface area contributed by atoms with Crippen molar-refractivity contribution in [3.8, 4) is 16.6 Å². The van der Waals surface area contributed by atoms with Gasteiger partial charge < -0.3 is 5.32 Å². The summed E-state index contributed by atoms with van der Waals surface area (Å²) in [5, 5.41) is 13.0. The van der Waals surface area contributed by atoms with Gasteiger partial charge in [0.1, 0.15) is 11.1 Å². The molecule has 4 nitrogen and oxygen atoms in total. The lowest BCUT2D eigenvalue weighted by Crippen LogP contribution is -2.33. The summed E-state index contributed by atoms with van der Waals surface area (Å²) < 4.78 is 40.4. The van der Waals surface area contributed by atoms with Gasteiger partial charge in [-0.1, -0.05) is 31.7 Å². The molecule has 0 aromatic carbocycles. The second-order valence-corrected chi connectivity index (χ2v) is 8.50. The number of halogens is 3. The Labute approximate surface area is 163 Å². The van der Waals surface area contributed by atoms with E-state index in [0.29, 0.717) is 11.4 Å². The molecule has 2 rings (SSSR count). The Morgan fingerprint density at radius 2 is 2.11 bits per heavy atom. The van der Waals surface area contributed by atoms with Gasteiger partial charge in [0.15, 0.2) is 0 Å². The average Bonchev–Trinajstić information content (AvgIpc) is 3.12. The Kier molecular flexibility index (Phi) is 6.89. The number of rotatable bonds is 6. The summed E-state index contributed by atoms with van der Waals surface area (Å²) in [4.78, 5) is 17.0. The summed E-state index contributed by atoms with van der Waals surface area (Å²) in [6.45, 7) is 5.92. The highest BCUT2D eigenvalue weighted by atomic mass is 32.2. The maximum Gasteiger partial charge on any atom is 0.417 e. The Hall–Kier alpha value is -2.05. The first-order chi connectivity index (χ1) is 12.6. The van der Waals surface area contributed by atoms with Gasteiger partial charge in [0.25, 0.3) is 0 Å². The minimum absolute atomic E-state index is 0.0945. The summed E-state index contributed by atoms with van der Waals surface area (Å²) in [6, 6.07) is 5.86. The van der Waals surface area contributed by atoms with Gasteiger partial charge in [-0.3, -0.25) is 4.79 Å². The number of nitrogens with zero attached hydrogens (tertiary/aromatic N) is 2. The molecule has 0 unspecified atom stereocenters. The van der Waals surface area contributed by atoms with Crippen LogP contribution in [0.25, 0.3) is 10.6 Å². The largest absolute Gasteiger partial charge is 0.417 e. The number of pyridine rings is 1. The quantitative estimate of drug-likeness (QED) is 0.680. The van der Waals surface area contributed by atoms with Crippen molar-refractivity contribution in [1.29, 1.82) is 5.26 Å². The first kappa shape index (κ1) is 21.3. The van der Waals surface area contributed by atoms with Crippen LogP contribution >= 0.6 is 23.1 Å². The third-order valence-electron chi connectivity index (χ3n) is 3.52. The number of thioether (sulfide) groups is 1. The predicted molar refractivity (Wildman–Crippen MR) is 100 cm³/mol. The second-order valence-electron chi connectivity index (χ2n) is 6.22. The Balaban J connectivity index is 2.43. The molecule has 2 aromatic rings. The Bertz CT molecular complexity index is 843. The molecule has 0 spiro atoms. The molecule has 0 aliphatic heterocycles. The van der Waals surface area contributed by atoms with E-state index in [1.807, 2.05) is 13.8 Å². The van der Waals surface area contributed by atoms with Gasteiger partial charge in [0.2, 0.25) is 5.91 Å². The first-order valence-electron chi connectivity index (χ1n) is 8.14. The number of alkyl halides is 3. The lowest BCUT2D eigenvalue weighted by molar-refractivity contribution is -0.138. The van der Waals surface area contributed by atoms with Gasteiger partial charge in [-0.05, 0) is 30.4 Å². The van der Waals surface area contributed by atoms with Gasteiger partial charge >= 0.3 is 6.18 Å². The fraction of sp³-hybridized carbons (Fsp3) is 0.389. The van der Waals surface area contributed by atoms with Crippen LogP contribution in [0.15, 0.2) is 28.6 Å². The monoisotopic (exact) mass is 413 g/mol. The summed E-state index contributed by atoms with van der Waals surface area (Å²) in [7, 11) is 0. The van der Waals surface area contributed by atoms with E-state index >= 15 is 0 Å². The maximum absolute atomic E-state index is 13.5. The smallest absolute Gasteiger partial charge is 0.355 e. The first-order valence-corrected chi connectivity index (χ1v) is 9.90. The summed E-state index contributed by atoms with van der Waals surface area (Å²) in [5.74, 6) is -0.0626. The molecule has 144 valence electrons. The zero-order valence-electron chi connectivity index (χ0n) is 14.9. The van der Waals surface area contributed by atoms with Crippen LogP contribution in [0.5, 0.6) is 0 Å². The molecule has 9 heteroatoms. The van der Waals surface area contributed by atoms with Crippen LogP contribution in [0.3, 0.4) is 0 Å². The number of nitriles is 1. The third kappa shape index (κ3) is 5.47. The van der Waals surface area contributed by atoms with Crippen molar-refractivity contribution in [3.05, 3.63) is 34.7 Å². The van der Waals surface area contributed by atoms with Crippen molar-refractivity contribution in [2.45, 2.75) is 37.2 Å². The molecular formula is C18H18F3N3OS2. The van der Waals surface area contributed by atoms with Crippen molar-refractivity contribution in [2.24, 2.45) is 5.92 Å². The van der Waals surface area contributed by atoms with E-state index in [4.69, 9.17) is 0 Å². The molecule has 0 saturated carbocycles. The molecule has 0 bridgehead atoms. The van der Waals surface area contributed by atoms with Crippen molar-refractivity contribution < 1.29 is 18.0 Å². The number of hydrogen-bond acceptors (Lipinski definition) is 5.